The molecule has 0 aliphatic carbocycles. The normalized spacial score (nSPS) is 11.1. The molecule has 1 aromatic heterocycles. The van der Waals surface area contributed by atoms with E-state index in [9.17, 15) is 19.1 Å². The molecule has 0 saturated carbocycles. The lowest BCUT2D eigenvalue weighted by Gasteiger charge is -2.05. The third-order valence-electron chi connectivity index (χ3n) is 2.70. The molecule has 2 rings (SSSR count). The number of benzene rings is 1. The molecule has 1 aromatic carbocycles. The van der Waals surface area contributed by atoms with Crippen molar-refractivity contribution in [2.75, 3.05) is 6.61 Å². The van der Waals surface area contributed by atoms with Crippen LogP contribution >= 0.6 is 11.3 Å². The quantitative estimate of drug-likeness (QED) is 0.634. The summed E-state index contributed by atoms with van der Waals surface area (Å²) in [5.41, 5.74) is 2.75. The molecule has 0 saturated heterocycles. The van der Waals surface area contributed by atoms with Gasteiger partial charge in [0.15, 0.2) is 6.61 Å². The Labute approximate surface area is 135 Å². The smallest absolute Gasteiger partial charge is 0.277 e. The Morgan fingerprint density at radius 2 is 1.87 bits per heavy atom. The van der Waals surface area contributed by atoms with E-state index in [-0.39, 0.29) is 11.5 Å². The summed E-state index contributed by atoms with van der Waals surface area (Å²) in [6.45, 7) is 1.35. The number of carboxylic acids is 1. The van der Waals surface area contributed by atoms with Gasteiger partial charge >= 0.3 is 0 Å². The van der Waals surface area contributed by atoms with Crippen molar-refractivity contribution in [2.24, 2.45) is 5.10 Å². The van der Waals surface area contributed by atoms with Crippen molar-refractivity contribution >= 4 is 28.9 Å². The molecule has 0 aliphatic heterocycles. The van der Waals surface area contributed by atoms with Gasteiger partial charge in [-0.15, -0.1) is 11.3 Å². The fourth-order valence-corrected chi connectivity index (χ4v) is 2.34. The van der Waals surface area contributed by atoms with Crippen LogP contribution in [0, 0.1) is 5.82 Å². The molecule has 0 bridgehead atoms. The van der Waals surface area contributed by atoms with E-state index in [1.807, 2.05) is 0 Å². The van der Waals surface area contributed by atoms with Crippen molar-refractivity contribution in [3.63, 3.8) is 0 Å². The predicted octanol–water partition coefficient (Wildman–Crippen LogP) is 1.17. The fraction of sp³-hybridized carbons (Fsp3) is 0.133. The third kappa shape index (κ3) is 4.89. The van der Waals surface area contributed by atoms with Gasteiger partial charge in [0.25, 0.3) is 5.91 Å². The molecule has 0 spiro atoms. The molecule has 1 heterocycles. The highest BCUT2D eigenvalue weighted by Gasteiger charge is 2.06. The first kappa shape index (κ1) is 16.6. The maximum atomic E-state index is 12.7. The van der Waals surface area contributed by atoms with E-state index in [1.165, 1.54) is 30.3 Å². The van der Waals surface area contributed by atoms with Gasteiger partial charge in [0.1, 0.15) is 11.6 Å². The minimum Gasteiger partial charge on any atom is -0.544 e. The van der Waals surface area contributed by atoms with Crippen LogP contribution in [0.3, 0.4) is 0 Å². The zero-order valence-corrected chi connectivity index (χ0v) is 12.9. The number of carbonyl (C=O) groups is 2. The second kappa shape index (κ2) is 7.50. The first-order valence-electron chi connectivity index (χ1n) is 6.49. The number of carbonyl (C=O) groups excluding carboxylic acids is 2. The zero-order chi connectivity index (χ0) is 16.8. The number of rotatable bonds is 6. The Morgan fingerprint density at radius 3 is 2.48 bits per heavy atom. The number of hydrazone groups is 1. The first-order chi connectivity index (χ1) is 11.0. The predicted molar refractivity (Wildman–Crippen MR) is 80.9 cm³/mol. The maximum Gasteiger partial charge on any atom is 0.277 e. The summed E-state index contributed by atoms with van der Waals surface area (Å²) in [7, 11) is 0. The van der Waals surface area contributed by atoms with Crippen LogP contribution in [0.5, 0.6) is 5.75 Å². The Balaban J connectivity index is 1.86. The lowest BCUT2D eigenvalue weighted by molar-refractivity contribution is -0.254. The van der Waals surface area contributed by atoms with Crippen LogP contribution in [-0.4, -0.2) is 24.2 Å². The van der Waals surface area contributed by atoms with Gasteiger partial charge in [-0.1, -0.05) is 0 Å². The molecule has 0 unspecified atom stereocenters. The van der Waals surface area contributed by atoms with Gasteiger partial charge in [-0.3, -0.25) is 4.79 Å². The molecule has 120 valence electrons. The highest BCUT2D eigenvalue weighted by Crippen LogP contribution is 2.16. The molecule has 0 aliphatic rings. The molecule has 0 fully saturated rings. The lowest BCUT2D eigenvalue weighted by atomic mass is 10.3. The molecule has 1 N–H and O–H groups in total. The number of thiophene rings is 1. The number of amides is 1. The van der Waals surface area contributed by atoms with Crippen LogP contribution in [0.25, 0.3) is 0 Å². The number of aromatic carboxylic acids is 1. The minimum atomic E-state index is -1.26. The van der Waals surface area contributed by atoms with E-state index in [0.717, 1.165) is 11.3 Å². The van der Waals surface area contributed by atoms with Crippen LogP contribution in [0.2, 0.25) is 0 Å². The largest absolute Gasteiger partial charge is 0.544 e. The average Bonchev–Trinajstić information content (AvgIpc) is 3.02. The summed E-state index contributed by atoms with van der Waals surface area (Å²) in [5.74, 6) is -1.79. The number of nitrogens with one attached hydrogen (secondary N) is 1. The van der Waals surface area contributed by atoms with Crippen molar-refractivity contribution < 1.29 is 23.8 Å². The van der Waals surface area contributed by atoms with Gasteiger partial charge in [0.05, 0.1) is 21.4 Å². The summed E-state index contributed by atoms with van der Waals surface area (Å²) >= 11 is 1.00. The summed E-state index contributed by atoms with van der Waals surface area (Å²) in [6.07, 6.45) is 0. The molecule has 0 radical (unpaired) electrons. The van der Waals surface area contributed by atoms with Crippen molar-refractivity contribution in [3.8, 4) is 5.75 Å². The van der Waals surface area contributed by atoms with E-state index < -0.39 is 17.7 Å². The van der Waals surface area contributed by atoms with Gasteiger partial charge < -0.3 is 14.6 Å². The van der Waals surface area contributed by atoms with Gasteiger partial charge in [0, 0.05) is 0 Å². The van der Waals surface area contributed by atoms with E-state index >= 15 is 0 Å². The molecule has 8 heteroatoms. The summed E-state index contributed by atoms with van der Waals surface area (Å²) in [6, 6.07) is 8.25. The average molecular weight is 335 g/mol. The number of carboxylic acid groups (broad SMARTS) is 1. The monoisotopic (exact) mass is 335 g/mol. The van der Waals surface area contributed by atoms with Crippen molar-refractivity contribution in [3.05, 3.63) is 52.0 Å². The second-order valence-corrected chi connectivity index (χ2v) is 5.51. The highest BCUT2D eigenvalue weighted by molar-refractivity contribution is 7.15. The van der Waals surface area contributed by atoms with Crippen molar-refractivity contribution in [2.45, 2.75) is 6.92 Å². The molecular weight excluding hydrogens is 323 g/mol. The topological polar surface area (TPSA) is 90.8 Å². The molecular formula is C15H12FN2O4S-. The highest BCUT2D eigenvalue weighted by atomic mass is 32.1. The van der Waals surface area contributed by atoms with Crippen LogP contribution < -0.4 is 15.3 Å². The Morgan fingerprint density at radius 1 is 1.22 bits per heavy atom. The van der Waals surface area contributed by atoms with E-state index in [1.54, 1.807) is 13.0 Å². The first-order valence-corrected chi connectivity index (χ1v) is 7.30. The van der Waals surface area contributed by atoms with E-state index in [0.29, 0.717) is 16.3 Å². The van der Waals surface area contributed by atoms with E-state index in [4.69, 9.17) is 4.74 Å². The van der Waals surface area contributed by atoms with Crippen LogP contribution in [0.15, 0.2) is 41.5 Å². The maximum absolute atomic E-state index is 12.7. The number of halogens is 1. The Hall–Kier alpha value is -2.74. The molecule has 23 heavy (non-hydrogen) atoms. The Kier molecular flexibility index (Phi) is 5.42. The fourth-order valence-electron chi connectivity index (χ4n) is 1.56. The lowest BCUT2D eigenvalue weighted by Crippen LogP contribution is -2.25. The SMILES string of the molecule is C/C(=N/NC(=O)COc1ccc(F)cc1)c1ccc(C(=O)[O-])s1. The second-order valence-electron chi connectivity index (χ2n) is 4.43. The molecule has 2 aromatic rings. The minimum absolute atomic E-state index is 0.0838. The standard InChI is InChI=1S/C15H13FN2O4S/c1-9(12-6-7-13(23-12)15(20)21)17-18-14(19)8-22-11-4-2-10(16)3-5-11/h2-7H,8H2,1H3,(H,18,19)(H,20,21)/p-1/b17-9-. The Bertz CT molecular complexity index is 740. The van der Waals surface area contributed by atoms with Crippen molar-refractivity contribution in [1.29, 1.82) is 0 Å². The summed E-state index contributed by atoms with van der Waals surface area (Å²) in [4.78, 5) is 23.0. The van der Waals surface area contributed by atoms with Crippen LogP contribution in [0.4, 0.5) is 4.39 Å². The summed E-state index contributed by atoms with van der Waals surface area (Å²) < 4.78 is 17.9. The van der Waals surface area contributed by atoms with E-state index in [2.05, 4.69) is 10.5 Å². The number of hydrogen-bond donors (Lipinski definition) is 1. The molecule has 0 atom stereocenters. The number of nitrogens with zero attached hydrogens (tertiary/aromatic N) is 1. The molecule has 6 nitrogen and oxygen atoms in total. The van der Waals surface area contributed by atoms with Gasteiger partial charge in [-0.25, -0.2) is 9.82 Å². The molecule has 1 amide bonds. The number of ether oxygens (including phenoxy) is 1. The summed E-state index contributed by atoms with van der Waals surface area (Å²) in [5, 5.41) is 14.6. The zero-order valence-electron chi connectivity index (χ0n) is 12.0. The van der Waals surface area contributed by atoms with Gasteiger partial charge in [-0.2, -0.15) is 5.10 Å². The van der Waals surface area contributed by atoms with Crippen LogP contribution in [-0.2, 0) is 4.79 Å². The van der Waals surface area contributed by atoms with Gasteiger partial charge in [0.2, 0.25) is 0 Å². The van der Waals surface area contributed by atoms with Crippen LogP contribution in [0.1, 0.15) is 21.5 Å². The van der Waals surface area contributed by atoms with Gasteiger partial charge in [-0.05, 0) is 43.3 Å². The number of hydrogen-bond acceptors (Lipinski definition) is 6. The van der Waals surface area contributed by atoms with Crippen molar-refractivity contribution in [1.82, 2.24) is 5.43 Å². The third-order valence-corrected chi connectivity index (χ3v) is 3.87.